The van der Waals surface area contributed by atoms with Crippen LogP contribution in [0.3, 0.4) is 0 Å². The van der Waals surface area contributed by atoms with Gasteiger partial charge < -0.3 is 15.5 Å². The number of carboxylic acid groups (broad SMARTS) is 1. The Balaban J connectivity index is 3.18. The molecule has 0 unspecified atom stereocenters. The average Bonchev–Trinajstić information content (AvgIpc) is 2.29. The zero-order valence-electron chi connectivity index (χ0n) is 8.76. The average molecular weight is 295 g/mol. The second-order valence-electron chi connectivity index (χ2n) is 3.26. The normalized spacial score (nSPS) is 11.9. The van der Waals surface area contributed by atoms with Gasteiger partial charge in [0.05, 0.1) is 21.6 Å². The Labute approximate surface area is 111 Å². The number of benzene rings is 1. The third kappa shape index (κ3) is 3.22. The summed E-state index contributed by atoms with van der Waals surface area (Å²) in [6.07, 6.45) is 0. The molecule has 0 saturated heterocycles. The van der Waals surface area contributed by atoms with Crippen LogP contribution in [0.5, 0.6) is 0 Å². The van der Waals surface area contributed by atoms with E-state index in [1.54, 1.807) is 0 Å². The monoisotopic (exact) mass is 294 g/mol. The number of nitro benzene ring substituents is 1. The van der Waals surface area contributed by atoms with E-state index >= 15 is 0 Å². The number of nitro groups is 1. The summed E-state index contributed by atoms with van der Waals surface area (Å²) in [7, 11) is 0. The van der Waals surface area contributed by atoms with Gasteiger partial charge in [-0.05, 0) is 6.07 Å². The number of aliphatic hydroxyl groups excluding tert-OH is 1. The zero-order chi connectivity index (χ0) is 13.9. The molecule has 0 aliphatic carbocycles. The lowest BCUT2D eigenvalue weighted by atomic mass is 10.2. The molecule has 1 rings (SSSR count). The molecule has 9 heteroatoms. The van der Waals surface area contributed by atoms with Crippen LogP contribution in [0.15, 0.2) is 12.1 Å². The Morgan fingerprint density at radius 2 is 2.00 bits per heavy atom. The van der Waals surface area contributed by atoms with Gasteiger partial charge in [-0.25, -0.2) is 4.79 Å². The van der Waals surface area contributed by atoms with E-state index < -0.39 is 29.2 Å². The summed E-state index contributed by atoms with van der Waals surface area (Å²) in [6, 6.07) is 0.761. The van der Waals surface area contributed by atoms with Crippen LogP contribution in [0.2, 0.25) is 10.0 Å². The van der Waals surface area contributed by atoms with E-state index in [9.17, 15) is 14.9 Å². The summed E-state index contributed by atoms with van der Waals surface area (Å²) in [4.78, 5) is 20.8. The summed E-state index contributed by atoms with van der Waals surface area (Å²) >= 11 is 11.3. The highest BCUT2D eigenvalue weighted by atomic mass is 35.5. The van der Waals surface area contributed by atoms with Crippen molar-refractivity contribution in [1.82, 2.24) is 0 Å². The number of anilines is 1. The zero-order valence-corrected chi connectivity index (χ0v) is 10.3. The molecule has 0 spiro atoms. The van der Waals surface area contributed by atoms with E-state index in [4.69, 9.17) is 33.4 Å². The molecule has 7 nitrogen and oxygen atoms in total. The summed E-state index contributed by atoms with van der Waals surface area (Å²) in [6.45, 7) is -0.729. The minimum Gasteiger partial charge on any atom is -0.480 e. The van der Waals surface area contributed by atoms with Crippen molar-refractivity contribution in [3.8, 4) is 0 Å². The predicted octanol–water partition coefficient (Wildman–Crippen LogP) is 1.76. The van der Waals surface area contributed by atoms with E-state index in [1.165, 1.54) is 0 Å². The van der Waals surface area contributed by atoms with Gasteiger partial charge in [-0.2, -0.15) is 0 Å². The van der Waals surface area contributed by atoms with Crippen molar-refractivity contribution in [2.45, 2.75) is 6.04 Å². The molecule has 98 valence electrons. The molecular weight excluding hydrogens is 287 g/mol. The number of halogens is 2. The number of rotatable bonds is 5. The number of nitrogens with one attached hydrogen (secondary N) is 1. The fraction of sp³-hybridized carbons (Fsp3) is 0.222. The molecule has 18 heavy (non-hydrogen) atoms. The van der Waals surface area contributed by atoms with Crippen molar-refractivity contribution in [2.24, 2.45) is 0 Å². The summed E-state index contributed by atoms with van der Waals surface area (Å²) in [5.41, 5.74) is -0.556. The Hall–Kier alpha value is -1.57. The van der Waals surface area contributed by atoms with Gasteiger partial charge in [-0.15, -0.1) is 0 Å². The van der Waals surface area contributed by atoms with Crippen molar-refractivity contribution in [3.05, 3.63) is 32.3 Å². The van der Waals surface area contributed by atoms with Crippen LogP contribution in [0.1, 0.15) is 0 Å². The van der Waals surface area contributed by atoms with Crippen LogP contribution in [-0.2, 0) is 4.79 Å². The SMILES string of the molecule is O=C(O)[C@H](CO)Nc1cc(Cl)c(Cl)cc1[N+](=O)[O-]. The van der Waals surface area contributed by atoms with Gasteiger partial charge in [0.25, 0.3) is 5.69 Å². The van der Waals surface area contributed by atoms with Crippen LogP contribution in [0.25, 0.3) is 0 Å². The summed E-state index contributed by atoms with van der Waals surface area (Å²) in [5.74, 6) is -1.35. The standard InChI is InChI=1S/C9H8Cl2N2O5/c10-4-1-6(12-7(3-14)9(15)16)8(13(17)18)2-5(4)11/h1-2,7,12,14H,3H2,(H,15,16)/t7-/m0/s1. The first-order valence-corrected chi connectivity index (χ1v) is 5.36. The van der Waals surface area contributed by atoms with Crippen molar-refractivity contribution in [2.75, 3.05) is 11.9 Å². The van der Waals surface area contributed by atoms with Crippen molar-refractivity contribution in [1.29, 1.82) is 0 Å². The molecule has 0 bridgehead atoms. The van der Waals surface area contributed by atoms with Gasteiger partial charge in [0, 0.05) is 6.07 Å². The smallest absolute Gasteiger partial charge is 0.328 e. The molecule has 1 aromatic carbocycles. The largest absolute Gasteiger partial charge is 0.480 e. The molecular formula is C9H8Cl2N2O5. The predicted molar refractivity (Wildman–Crippen MR) is 65.2 cm³/mol. The number of hydrogen-bond acceptors (Lipinski definition) is 5. The molecule has 1 atom stereocenters. The lowest BCUT2D eigenvalue weighted by Crippen LogP contribution is -2.33. The molecule has 0 aliphatic rings. The van der Waals surface area contributed by atoms with Gasteiger partial charge in [0.15, 0.2) is 0 Å². The van der Waals surface area contributed by atoms with E-state index in [2.05, 4.69) is 5.32 Å². The quantitative estimate of drug-likeness (QED) is 0.563. The highest BCUT2D eigenvalue weighted by Crippen LogP contribution is 2.34. The van der Waals surface area contributed by atoms with Crippen LogP contribution >= 0.6 is 23.2 Å². The first-order valence-electron chi connectivity index (χ1n) is 4.60. The molecule has 0 aromatic heterocycles. The van der Waals surface area contributed by atoms with Gasteiger partial charge in [-0.3, -0.25) is 10.1 Å². The summed E-state index contributed by atoms with van der Waals surface area (Å²) < 4.78 is 0. The Kier molecular flexibility index (Phi) is 4.71. The molecule has 0 amide bonds. The molecule has 1 aromatic rings. The second-order valence-corrected chi connectivity index (χ2v) is 4.07. The molecule has 0 radical (unpaired) electrons. The third-order valence-electron chi connectivity index (χ3n) is 2.05. The number of hydrogen-bond donors (Lipinski definition) is 3. The first-order chi connectivity index (χ1) is 8.36. The topological polar surface area (TPSA) is 113 Å². The number of carbonyl (C=O) groups is 1. The minimum absolute atomic E-state index is 0.0233. The fourth-order valence-electron chi connectivity index (χ4n) is 1.18. The van der Waals surface area contributed by atoms with Crippen LogP contribution < -0.4 is 5.32 Å². The maximum atomic E-state index is 10.8. The van der Waals surface area contributed by atoms with Crippen molar-refractivity contribution < 1.29 is 19.9 Å². The van der Waals surface area contributed by atoms with Crippen molar-refractivity contribution >= 4 is 40.5 Å². The molecule has 0 heterocycles. The van der Waals surface area contributed by atoms with Crippen LogP contribution in [-0.4, -0.2) is 33.8 Å². The van der Waals surface area contributed by atoms with Crippen LogP contribution in [0, 0.1) is 10.1 Å². The number of nitrogens with zero attached hydrogens (tertiary/aromatic N) is 1. The minimum atomic E-state index is -1.37. The Morgan fingerprint density at radius 1 is 1.44 bits per heavy atom. The van der Waals surface area contributed by atoms with Gasteiger partial charge in [0.1, 0.15) is 11.7 Å². The maximum Gasteiger partial charge on any atom is 0.328 e. The van der Waals surface area contributed by atoms with E-state index in [1.807, 2.05) is 0 Å². The van der Waals surface area contributed by atoms with E-state index in [-0.39, 0.29) is 15.7 Å². The van der Waals surface area contributed by atoms with Gasteiger partial charge >= 0.3 is 5.97 Å². The third-order valence-corrected chi connectivity index (χ3v) is 2.77. The lowest BCUT2D eigenvalue weighted by Gasteiger charge is -2.13. The van der Waals surface area contributed by atoms with Gasteiger partial charge in [-0.1, -0.05) is 23.2 Å². The molecule has 0 saturated carbocycles. The second kappa shape index (κ2) is 5.85. The molecule has 0 fully saturated rings. The Morgan fingerprint density at radius 3 is 2.44 bits per heavy atom. The van der Waals surface area contributed by atoms with Crippen LogP contribution in [0.4, 0.5) is 11.4 Å². The number of aliphatic hydroxyl groups is 1. The first kappa shape index (κ1) is 14.5. The number of carboxylic acids is 1. The maximum absolute atomic E-state index is 10.8. The van der Waals surface area contributed by atoms with E-state index in [0.29, 0.717) is 0 Å². The summed E-state index contributed by atoms with van der Waals surface area (Å²) in [5, 5.41) is 30.7. The molecule has 3 N–H and O–H groups in total. The Bertz CT molecular complexity index is 494. The highest BCUT2D eigenvalue weighted by Gasteiger charge is 2.22. The van der Waals surface area contributed by atoms with Crippen molar-refractivity contribution in [3.63, 3.8) is 0 Å². The van der Waals surface area contributed by atoms with E-state index in [0.717, 1.165) is 12.1 Å². The lowest BCUT2D eigenvalue weighted by molar-refractivity contribution is -0.384. The number of aliphatic carboxylic acids is 1. The molecule has 0 aliphatic heterocycles. The highest BCUT2D eigenvalue weighted by molar-refractivity contribution is 6.42. The fourth-order valence-corrected chi connectivity index (χ4v) is 1.50. The van der Waals surface area contributed by atoms with Gasteiger partial charge in [0.2, 0.25) is 0 Å².